The van der Waals surface area contributed by atoms with Crippen LogP contribution >= 0.6 is 0 Å². The number of sulfone groups is 1. The molecule has 0 atom stereocenters. The standard InChI is InChI=1S/C15H21NO3S/c17-20(18)8-5-12(6-9-20)11-19-14-3-4-15-13(10-14)2-1-7-16-15/h3-4,10,12,16H,1-2,5-9,11H2. The van der Waals surface area contributed by atoms with Gasteiger partial charge in [-0.15, -0.1) is 0 Å². The number of anilines is 1. The first-order valence-electron chi connectivity index (χ1n) is 7.32. The third-order valence-electron chi connectivity index (χ3n) is 4.17. The topological polar surface area (TPSA) is 55.4 Å². The fourth-order valence-corrected chi connectivity index (χ4v) is 4.45. The molecule has 2 aliphatic heterocycles. The predicted octanol–water partition coefficient (Wildman–Crippen LogP) is 2.25. The zero-order valence-corrected chi connectivity index (χ0v) is 12.4. The molecule has 3 rings (SSSR count). The molecule has 4 nitrogen and oxygen atoms in total. The minimum Gasteiger partial charge on any atom is -0.493 e. The van der Waals surface area contributed by atoms with Crippen molar-refractivity contribution in [2.24, 2.45) is 5.92 Å². The second kappa shape index (κ2) is 5.64. The maximum Gasteiger partial charge on any atom is 0.150 e. The van der Waals surface area contributed by atoms with Gasteiger partial charge in [-0.2, -0.15) is 0 Å². The van der Waals surface area contributed by atoms with E-state index in [1.807, 2.05) is 6.07 Å². The van der Waals surface area contributed by atoms with Gasteiger partial charge in [0.05, 0.1) is 18.1 Å². The van der Waals surface area contributed by atoms with Gasteiger partial charge in [0.15, 0.2) is 0 Å². The minimum absolute atomic E-state index is 0.315. The molecule has 0 unspecified atom stereocenters. The van der Waals surface area contributed by atoms with Gasteiger partial charge in [0, 0.05) is 12.2 Å². The van der Waals surface area contributed by atoms with Crippen LogP contribution in [0.2, 0.25) is 0 Å². The molecule has 2 heterocycles. The van der Waals surface area contributed by atoms with Crippen LogP contribution in [0.25, 0.3) is 0 Å². The zero-order chi connectivity index (χ0) is 14.0. The van der Waals surface area contributed by atoms with Gasteiger partial charge in [-0.3, -0.25) is 0 Å². The summed E-state index contributed by atoms with van der Waals surface area (Å²) >= 11 is 0. The fourth-order valence-electron chi connectivity index (χ4n) is 2.86. The smallest absolute Gasteiger partial charge is 0.150 e. The first-order chi connectivity index (χ1) is 9.62. The summed E-state index contributed by atoms with van der Waals surface area (Å²) in [6.07, 6.45) is 3.72. The summed E-state index contributed by atoms with van der Waals surface area (Å²) in [6.45, 7) is 1.67. The van der Waals surface area contributed by atoms with E-state index >= 15 is 0 Å². The van der Waals surface area contributed by atoms with Crippen molar-refractivity contribution >= 4 is 15.5 Å². The Hall–Kier alpha value is -1.23. The number of fused-ring (bicyclic) bond motifs is 1. The molecule has 0 amide bonds. The first kappa shape index (κ1) is 13.7. The Morgan fingerprint density at radius 1 is 1.25 bits per heavy atom. The van der Waals surface area contributed by atoms with Gasteiger partial charge in [-0.1, -0.05) is 0 Å². The molecule has 1 aromatic rings. The molecule has 1 aromatic carbocycles. The van der Waals surface area contributed by atoms with E-state index in [1.165, 1.54) is 11.3 Å². The van der Waals surface area contributed by atoms with E-state index in [4.69, 9.17) is 4.74 Å². The Balaban J connectivity index is 1.56. The summed E-state index contributed by atoms with van der Waals surface area (Å²) < 4.78 is 28.6. The lowest BCUT2D eigenvalue weighted by Crippen LogP contribution is -2.26. The van der Waals surface area contributed by atoms with Crippen LogP contribution in [-0.2, 0) is 16.3 Å². The Kier molecular flexibility index (Phi) is 3.87. The van der Waals surface area contributed by atoms with Gasteiger partial charge in [-0.05, 0) is 55.4 Å². The van der Waals surface area contributed by atoms with Gasteiger partial charge in [0.2, 0.25) is 0 Å². The molecular weight excluding hydrogens is 274 g/mol. The van der Waals surface area contributed by atoms with Crippen molar-refractivity contribution in [2.75, 3.05) is 30.0 Å². The molecule has 0 aromatic heterocycles. The highest BCUT2D eigenvalue weighted by molar-refractivity contribution is 7.91. The van der Waals surface area contributed by atoms with Crippen LogP contribution < -0.4 is 10.1 Å². The van der Waals surface area contributed by atoms with E-state index in [9.17, 15) is 8.42 Å². The average molecular weight is 295 g/mol. The van der Waals surface area contributed by atoms with E-state index in [0.717, 1.165) is 38.0 Å². The van der Waals surface area contributed by atoms with Gasteiger partial charge in [-0.25, -0.2) is 8.42 Å². The average Bonchev–Trinajstić information content (AvgIpc) is 2.46. The van der Waals surface area contributed by atoms with Crippen LogP contribution in [0.1, 0.15) is 24.8 Å². The Bertz CT molecular complexity index is 569. The number of ether oxygens (including phenoxy) is 1. The van der Waals surface area contributed by atoms with Crippen molar-refractivity contribution in [2.45, 2.75) is 25.7 Å². The number of hydrogen-bond donors (Lipinski definition) is 1. The highest BCUT2D eigenvalue weighted by Crippen LogP contribution is 2.27. The first-order valence-corrected chi connectivity index (χ1v) is 9.14. The molecule has 20 heavy (non-hydrogen) atoms. The van der Waals surface area contributed by atoms with Crippen LogP contribution in [0.3, 0.4) is 0 Å². The van der Waals surface area contributed by atoms with Crippen molar-refractivity contribution in [3.63, 3.8) is 0 Å². The highest BCUT2D eigenvalue weighted by atomic mass is 32.2. The molecule has 0 spiro atoms. The quantitative estimate of drug-likeness (QED) is 0.929. The molecule has 2 aliphatic rings. The molecule has 0 bridgehead atoms. The maximum absolute atomic E-state index is 11.4. The molecule has 0 saturated carbocycles. The van der Waals surface area contributed by atoms with E-state index < -0.39 is 9.84 Å². The van der Waals surface area contributed by atoms with Crippen LogP contribution in [0.5, 0.6) is 5.75 Å². The number of benzene rings is 1. The Morgan fingerprint density at radius 2 is 2.05 bits per heavy atom. The van der Waals surface area contributed by atoms with E-state index in [-0.39, 0.29) is 0 Å². The van der Waals surface area contributed by atoms with E-state index in [0.29, 0.717) is 24.0 Å². The third-order valence-corrected chi connectivity index (χ3v) is 5.89. The number of nitrogens with one attached hydrogen (secondary N) is 1. The molecular formula is C15H21NO3S. The van der Waals surface area contributed by atoms with Gasteiger partial charge >= 0.3 is 0 Å². The maximum atomic E-state index is 11.4. The van der Waals surface area contributed by atoms with Crippen LogP contribution in [0, 0.1) is 5.92 Å². The molecule has 1 saturated heterocycles. The van der Waals surface area contributed by atoms with Crippen molar-refractivity contribution in [1.29, 1.82) is 0 Å². The summed E-state index contributed by atoms with van der Waals surface area (Å²) in [5.41, 5.74) is 2.53. The van der Waals surface area contributed by atoms with Crippen molar-refractivity contribution < 1.29 is 13.2 Å². The van der Waals surface area contributed by atoms with Gasteiger partial charge in [0.1, 0.15) is 15.6 Å². The molecule has 1 fully saturated rings. The normalized spacial score (nSPS) is 21.8. The monoisotopic (exact) mass is 295 g/mol. The molecule has 5 heteroatoms. The van der Waals surface area contributed by atoms with Crippen molar-refractivity contribution in [3.8, 4) is 5.75 Å². The molecule has 0 aliphatic carbocycles. The summed E-state index contributed by atoms with van der Waals surface area (Å²) in [4.78, 5) is 0. The van der Waals surface area contributed by atoms with Gasteiger partial charge < -0.3 is 10.1 Å². The molecule has 0 radical (unpaired) electrons. The number of hydrogen-bond acceptors (Lipinski definition) is 4. The molecule has 1 N–H and O–H groups in total. The fraction of sp³-hybridized carbons (Fsp3) is 0.600. The van der Waals surface area contributed by atoms with Crippen molar-refractivity contribution in [3.05, 3.63) is 23.8 Å². The van der Waals surface area contributed by atoms with Crippen molar-refractivity contribution in [1.82, 2.24) is 0 Å². The SMILES string of the molecule is O=S1(=O)CCC(COc2ccc3c(c2)CCCN3)CC1. The van der Waals surface area contributed by atoms with Gasteiger partial charge in [0.25, 0.3) is 0 Å². The largest absolute Gasteiger partial charge is 0.493 e. The number of aryl methyl sites for hydroxylation is 1. The number of rotatable bonds is 3. The minimum atomic E-state index is -2.77. The lowest BCUT2D eigenvalue weighted by molar-refractivity contribution is 0.238. The van der Waals surface area contributed by atoms with E-state index in [1.54, 1.807) is 0 Å². The zero-order valence-electron chi connectivity index (χ0n) is 11.6. The Morgan fingerprint density at radius 3 is 2.85 bits per heavy atom. The third kappa shape index (κ3) is 3.26. The second-order valence-electron chi connectivity index (χ2n) is 5.76. The predicted molar refractivity (Wildman–Crippen MR) is 80.1 cm³/mol. The van der Waals surface area contributed by atoms with E-state index in [2.05, 4.69) is 17.4 Å². The Labute approximate surface area is 120 Å². The van der Waals surface area contributed by atoms with Crippen LogP contribution in [-0.4, -0.2) is 33.1 Å². The summed E-state index contributed by atoms with van der Waals surface area (Å²) in [5.74, 6) is 1.90. The molecule has 110 valence electrons. The summed E-state index contributed by atoms with van der Waals surface area (Å²) in [7, 11) is -2.77. The summed E-state index contributed by atoms with van der Waals surface area (Å²) in [5, 5.41) is 3.38. The highest BCUT2D eigenvalue weighted by Gasteiger charge is 2.24. The van der Waals surface area contributed by atoms with Crippen LogP contribution in [0.4, 0.5) is 5.69 Å². The van der Waals surface area contributed by atoms with Crippen LogP contribution in [0.15, 0.2) is 18.2 Å². The summed E-state index contributed by atoms with van der Waals surface area (Å²) in [6, 6.07) is 6.19. The lowest BCUT2D eigenvalue weighted by atomic mass is 10.0. The second-order valence-corrected chi connectivity index (χ2v) is 8.06. The lowest BCUT2D eigenvalue weighted by Gasteiger charge is -2.23.